The minimum atomic E-state index is 0.907. The van der Waals surface area contributed by atoms with Gasteiger partial charge in [-0.25, -0.2) is 4.98 Å². The van der Waals surface area contributed by atoms with Crippen LogP contribution in [0, 0.1) is 0 Å². The second-order valence-corrected chi connectivity index (χ2v) is 6.59. The Bertz CT molecular complexity index is 726. The van der Waals surface area contributed by atoms with Crippen LogP contribution in [0.3, 0.4) is 0 Å². The number of pyridine rings is 1. The van der Waals surface area contributed by atoms with Crippen molar-refractivity contribution in [3.8, 4) is 5.75 Å². The van der Waals surface area contributed by atoms with Gasteiger partial charge in [0.05, 0.1) is 7.11 Å². The molecule has 0 unspecified atom stereocenters. The largest absolute Gasteiger partial charge is 0.497 e. The predicted octanol–water partition coefficient (Wildman–Crippen LogP) is 2.42. The standard InChI is InChI=1S/C21H29N5O/c1-22-21(24-12-6-8-18-7-5-9-19(17-18)27-2)26-15-13-25(14-16-26)20-10-3-4-11-23-20/h3-5,7,9-11,17H,6,8,12-16H2,1-2H3,(H,22,24). The van der Waals surface area contributed by atoms with E-state index in [2.05, 4.69) is 43.3 Å². The minimum Gasteiger partial charge on any atom is -0.497 e. The highest BCUT2D eigenvalue weighted by molar-refractivity contribution is 5.80. The Morgan fingerprint density at radius 1 is 1.15 bits per heavy atom. The van der Waals surface area contributed by atoms with Gasteiger partial charge in [-0.2, -0.15) is 0 Å². The molecule has 1 aromatic carbocycles. The maximum absolute atomic E-state index is 5.29. The Hall–Kier alpha value is -2.76. The van der Waals surface area contributed by atoms with Crippen molar-refractivity contribution in [2.24, 2.45) is 4.99 Å². The van der Waals surface area contributed by atoms with Crippen molar-refractivity contribution < 1.29 is 4.74 Å². The molecule has 0 atom stereocenters. The maximum atomic E-state index is 5.29. The number of hydrogen-bond acceptors (Lipinski definition) is 4. The lowest BCUT2D eigenvalue weighted by Crippen LogP contribution is -2.52. The number of nitrogens with zero attached hydrogens (tertiary/aromatic N) is 4. The number of aryl methyl sites for hydroxylation is 1. The molecular formula is C21H29N5O. The third-order valence-corrected chi connectivity index (χ3v) is 4.82. The summed E-state index contributed by atoms with van der Waals surface area (Å²) in [6, 6.07) is 14.3. The molecule has 2 heterocycles. The fourth-order valence-electron chi connectivity index (χ4n) is 3.34. The second kappa shape index (κ2) is 9.80. The van der Waals surface area contributed by atoms with E-state index in [0.29, 0.717) is 0 Å². The van der Waals surface area contributed by atoms with E-state index in [1.54, 1.807) is 7.11 Å². The highest BCUT2D eigenvalue weighted by Crippen LogP contribution is 2.14. The summed E-state index contributed by atoms with van der Waals surface area (Å²) in [5, 5.41) is 3.50. The number of ether oxygens (including phenoxy) is 1. The van der Waals surface area contributed by atoms with E-state index in [1.807, 2.05) is 37.5 Å². The average molecular weight is 367 g/mol. The van der Waals surface area contributed by atoms with Gasteiger partial charge in [-0.3, -0.25) is 4.99 Å². The molecule has 6 nitrogen and oxygen atoms in total. The van der Waals surface area contributed by atoms with E-state index in [1.165, 1.54) is 5.56 Å². The molecule has 1 fully saturated rings. The molecule has 1 aliphatic heterocycles. The normalized spacial score (nSPS) is 15.0. The number of anilines is 1. The van der Waals surface area contributed by atoms with Crippen LogP contribution >= 0.6 is 0 Å². The van der Waals surface area contributed by atoms with Crippen LogP contribution < -0.4 is 15.0 Å². The van der Waals surface area contributed by atoms with Gasteiger partial charge >= 0.3 is 0 Å². The number of benzene rings is 1. The number of nitrogens with one attached hydrogen (secondary N) is 1. The number of aliphatic imine (C=N–C) groups is 1. The summed E-state index contributed by atoms with van der Waals surface area (Å²) in [7, 11) is 3.56. The minimum absolute atomic E-state index is 0.907. The lowest BCUT2D eigenvalue weighted by Gasteiger charge is -2.37. The Kier molecular flexibility index (Phi) is 6.90. The van der Waals surface area contributed by atoms with Crippen molar-refractivity contribution in [2.75, 3.05) is 51.8 Å². The summed E-state index contributed by atoms with van der Waals surface area (Å²) >= 11 is 0. The van der Waals surface area contributed by atoms with Crippen LogP contribution in [-0.2, 0) is 6.42 Å². The van der Waals surface area contributed by atoms with E-state index in [-0.39, 0.29) is 0 Å². The smallest absolute Gasteiger partial charge is 0.193 e. The van der Waals surface area contributed by atoms with Gasteiger partial charge < -0.3 is 19.9 Å². The fraction of sp³-hybridized carbons (Fsp3) is 0.429. The van der Waals surface area contributed by atoms with Crippen molar-refractivity contribution in [2.45, 2.75) is 12.8 Å². The van der Waals surface area contributed by atoms with Crippen molar-refractivity contribution in [1.82, 2.24) is 15.2 Å². The van der Waals surface area contributed by atoms with Crippen molar-refractivity contribution in [3.63, 3.8) is 0 Å². The predicted molar refractivity (Wildman–Crippen MR) is 111 cm³/mol. The third kappa shape index (κ3) is 5.36. The van der Waals surface area contributed by atoms with Gasteiger partial charge in [-0.15, -0.1) is 0 Å². The Morgan fingerprint density at radius 3 is 2.70 bits per heavy atom. The Labute approximate surface area is 161 Å². The van der Waals surface area contributed by atoms with Crippen LogP contribution in [0.4, 0.5) is 5.82 Å². The molecule has 1 saturated heterocycles. The van der Waals surface area contributed by atoms with Gasteiger partial charge in [0.1, 0.15) is 11.6 Å². The number of hydrogen-bond donors (Lipinski definition) is 1. The van der Waals surface area contributed by atoms with Gasteiger partial charge in [0, 0.05) is 46.0 Å². The monoisotopic (exact) mass is 367 g/mol. The fourth-order valence-corrected chi connectivity index (χ4v) is 3.34. The molecule has 0 radical (unpaired) electrons. The van der Waals surface area contributed by atoms with Crippen molar-refractivity contribution in [3.05, 3.63) is 54.2 Å². The van der Waals surface area contributed by atoms with Crippen LogP contribution in [0.5, 0.6) is 5.75 Å². The van der Waals surface area contributed by atoms with E-state index >= 15 is 0 Å². The number of rotatable bonds is 6. The molecule has 27 heavy (non-hydrogen) atoms. The van der Waals surface area contributed by atoms with E-state index in [4.69, 9.17) is 4.74 Å². The lowest BCUT2D eigenvalue weighted by molar-refractivity contribution is 0.371. The van der Waals surface area contributed by atoms with Crippen LogP contribution in [0.1, 0.15) is 12.0 Å². The lowest BCUT2D eigenvalue weighted by atomic mass is 10.1. The van der Waals surface area contributed by atoms with E-state index in [9.17, 15) is 0 Å². The van der Waals surface area contributed by atoms with Crippen LogP contribution in [-0.4, -0.2) is 62.7 Å². The molecule has 2 aromatic rings. The first-order chi connectivity index (χ1) is 13.3. The van der Waals surface area contributed by atoms with Gasteiger partial charge in [-0.05, 0) is 42.7 Å². The first-order valence-corrected chi connectivity index (χ1v) is 9.54. The maximum Gasteiger partial charge on any atom is 0.193 e. The van der Waals surface area contributed by atoms with E-state index < -0.39 is 0 Å². The molecule has 0 amide bonds. The summed E-state index contributed by atoms with van der Waals surface area (Å²) in [6.45, 7) is 4.73. The number of aromatic nitrogens is 1. The van der Waals surface area contributed by atoms with Crippen LogP contribution in [0.25, 0.3) is 0 Å². The Balaban J connectivity index is 1.42. The van der Waals surface area contributed by atoms with Crippen molar-refractivity contribution in [1.29, 1.82) is 0 Å². The van der Waals surface area contributed by atoms with Crippen molar-refractivity contribution >= 4 is 11.8 Å². The number of piperazine rings is 1. The summed E-state index contributed by atoms with van der Waals surface area (Å²) in [6.07, 6.45) is 3.93. The van der Waals surface area contributed by atoms with Gasteiger partial charge in [0.25, 0.3) is 0 Å². The summed E-state index contributed by atoms with van der Waals surface area (Å²) in [5.74, 6) is 2.96. The molecule has 0 spiro atoms. The second-order valence-electron chi connectivity index (χ2n) is 6.59. The molecular weight excluding hydrogens is 338 g/mol. The third-order valence-electron chi connectivity index (χ3n) is 4.82. The first-order valence-electron chi connectivity index (χ1n) is 9.54. The molecule has 1 aromatic heterocycles. The van der Waals surface area contributed by atoms with Gasteiger partial charge in [0.2, 0.25) is 0 Å². The molecule has 1 N–H and O–H groups in total. The summed E-state index contributed by atoms with van der Waals surface area (Å²) < 4.78 is 5.29. The zero-order valence-electron chi connectivity index (χ0n) is 16.3. The van der Waals surface area contributed by atoms with Gasteiger partial charge in [-0.1, -0.05) is 18.2 Å². The molecule has 3 rings (SSSR count). The zero-order valence-corrected chi connectivity index (χ0v) is 16.3. The molecule has 0 aliphatic carbocycles. The Morgan fingerprint density at radius 2 is 2.00 bits per heavy atom. The zero-order chi connectivity index (χ0) is 18.9. The molecule has 6 heteroatoms. The number of methoxy groups -OCH3 is 1. The molecule has 0 bridgehead atoms. The molecule has 144 valence electrons. The molecule has 0 saturated carbocycles. The first kappa shape index (κ1) is 19.0. The van der Waals surface area contributed by atoms with Gasteiger partial charge in [0.15, 0.2) is 5.96 Å². The van der Waals surface area contributed by atoms with Crippen LogP contribution in [0.15, 0.2) is 53.7 Å². The quantitative estimate of drug-likeness (QED) is 0.483. The number of guanidine groups is 1. The summed E-state index contributed by atoms with van der Waals surface area (Å²) in [4.78, 5) is 13.6. The topological polar surface area (TPSA) is 53.0 Å². The molecule has 1 aliphatic rings. The average Bonchev–Trinajstić information content (AvgIpc) is 2.75. The van der Waals surface area contributed by atoms with Crippen LogP contribution in [0.2, 0.25) is 0 Å². The highest BCUT2D eigenvalue weighted by Gasteiger charge is 2.20. The van der Waals surface area contributed by atoms with E-state index in [0.717, 1.165) is 63.1 Å². The SMILES string of the molecule is CN=C(NCCCc1cccc(OC)c1)N1CCN(c2ccccn2)CC1. The summed E-state index contributed by atoms with van der Waals surface area (Å²) in [5.41, 5.74) is 1.30. The highest BCUT2D eigenvalue weighted by atomic mass is 16.5.